The van der Waals surface area contributed by atoms with Crippen LogP contribution in [-0.4, -0.2) is 24.5 Å². The number of nitrogens with zero attached hydrogens (tertiary/aromatic N) is 2. The van der Waals surface area contributed by atoms with E-state index in [1.165, 1.54) is 42.5 Å². The molecule has 0 aliphatic heterocycles. The predicted molar refractivity (Wildman–Crippen MR) is 92.4 cm³/mol. The van der Waals surface area contributed by atoms with Crippen LogP contribution in [0.2, 0.25) is 0 Å². The molecule has 0 atom stereocenters. The third kappa shape index (κ3) is 4.29. The molecule has 0 fully saturated rings. The zero-order valence-corrected chi connectivity index (χ0v) is 14.7. The lowest BCUT2D eigenvalue weighted by atomic mass is 10.3. The van der Waals surface area contributed by atoms with E-state index in [2.05, 4.69) is 20.2 Å². The average molecular weight is 378 g/mol. The Hall–Kier alpha value is -2.56. The fourth-order valence-electron chi connectivity index (χ4n) is 1.99. The second-order valence-corrected chi connectivity index (χ2v) is 7.73. The predicted octanol–water partition coefficient (Wildman–Crippen LogP) is 2.24. The fourth-order valence-corrected chi connectivity index (χ4v) is 3.62. The van der Waals surface area contributed by atoms with Gasteiger partial charge in [-0.1, -0.05) is 11.2 Å². The van der Waals surface area contributed by atoms with E-state index in [-0.39, 0.29) is 23.2 Å². The van der Waals surface area contributed by atoms with Crippen LogP contribution in [0.1, 0.15) is 12.8 Å². The Morgan fingerprint density at radius 3 is 2.64 bits per heavy atom. The number of nitrogens with one attached hydrogen (secondary N) is 2. The summed E-state index contributed by atoms with van der Waals surface area (Å²) >= 11 is 1.46. The summed E-state index contributed by atoms with van der Waals surface area (Å²) in [7, 11) is -3.74. The van der Waals surface area contributed by atoms with Crippen molar-refractivity contribution in [2.24, 2.45) is 0 Å². The third-order valence-corrected chi connectivity index (χ3v) is 5.39. The third-order valence-electron chi connectivity index (χ3n) is 3.11. The maximum Gasteiger partial charge on any atom is 0.242 e. The molecule has 0 aliphatic rings. The number of hydrogen-bond acceptors (Lipinski definition) is 7. The number of benzene rings is 1. The van der Waals surface area contributed by atoms with Gasteiger partial charge in [0.15, 0.2) is 0 Å². The molecular formula is C15H14N4O4S2. The van der Waals surface area contributed by atoms with Crippen molar-refractivity contribution < 1.29 is 17.7 Å². The Morgan fingerprint density at radius 2 is 2.00 bits per heavy atom. The molecule has 0 bridgehead atoms. The normalized spacial score (nSPS) is 11.4. The first kappa shape index (κ1) is 17.3. The molecule has 0 saturated heterocycles. The molecule has 1 aromatic carbocycles. The van der Waals surface area contributed by atoms with E-state index in [9.17, 15) is 13.2 Å². The zero-order valence-electron chi connectivity index (χ0n) is 13.1. The summed E-state index contributed by atoms with van der Waals surface area (Å²) in [5.74, 6) is 0.359. The summed E-state index contributed by atoms with van der Waals surface area (Å²) in [6, 6.07) is 9.54. The van der Waals surface area contributed by atoms with Crippen LogP contribution in [0.5, 0.6) is 0 Å². The Kier molecular flexibility index (Phi) is 4.93. The maximum absolute atomic E-state index is 12.3. The number of sulfonamides is 1. The van der Waals surface area contributed by atoms with E-state index in [1.54, 1.807) is 0 Å². The molecule has 8 nitrogen and oxygen atoms in total. The van der Waals surface area contributed by atoms with E-state index in [0.717, 1.165) is 4.88 Å². The van der Waals surface area contributed by atoms with E-state index in [0.29, 0.717) is 11.5 Å². The molecule has 1 amide bonds. The highest BCUT2D eigenvalue weighted by molar-refractivity contribution is 7.89. The molecule has 2 aromatic heterocycles. The van der Waals surface area contributed by atoms with Gasteiger partial charge in [-0.05, 0) is 35.7 Å². The van der Waals surface area contributed by atoms with Gasteiger partial charge in [-0.15, -0.1) is 11.3 Å². The molecule has 130 valence electrons. The monoisotopic (exact) mass is 378 g/mol. The van der Waals surface area contributed by atoms with Gasteiger partial charge in [0.1, 0.15) is 0 Å². The minimum atomic E-state index is -3.74. The summed E-state index contributed by atoms with van der Waals surface area (Å²) in [6.07, 6.45) is 0. The van der Waals surface area contributed by atoms with Crippen molar-refractivity contribution in [3.05, 3.63) is 47.7 Å². The van der Waals surface area contributed by atoms with Crippen molar-refractivity contribution in [2.45, 2.75) is 18.4 Å². The summed E-state index contributed by atoms with van der Waals surface area (Å²) in [4.78, 5) is 16.0. The number of anilines is 1. The van der Waals surface area contributed by atoms with Gasteiger partial charge in [0.05, 0.1) is 16.3 Å². The average Bonchev–Trinajstić information content (AvgIpc) is 3.24. The minimum Gasteiger partial charge on any atom is -0.337 e. The van der Waals surface area contributed by atoms with Crippen LogP contribution in [0.25, 0.3) is 10.7 Å². The molecule has 0 radical (unpaired) electrons. The van der Waals surface area contributed by atoms with Crippen LogP contribution < -0.4 is 10.0 Å². The summed E-state index contributed by atoms with van der Waals surface area (Å²) in [5, 5.41) is 8.28. The zero-order chi connectivity index (χ0) is 17.9. The van der Waals surface area contributed by atoms with Crippen LogP contribution in [0.4, 0.5) is 5.69 Å². The lowest BCUT2D eigenvalue weighted by Crippen LogP contribution is -2.23. The van der Waals surface area contributed by atoms with Gasteiger partial charge < -0.3 is 9.84 Å². The lowest BCUT2D eigenvalue weighted by Gasteiger charge is -2.06. The number of carbonyl (C=O) groups is 1. The number of amides is 1. The van der Waals surface area contributed by atoms with Crippen LogP contribution in [-0.2, 0) is 21.4 Å². The second-order valence-electron chi connectivity index (χ2n) is 5.02. The number of hydrogen-bond donors (Lipinski definition) is 2. The fraction of sp³-hybridized carbons (Fsp3) is 0.133. The van der Waals surface area contributed by atoms with Gasteiger partial charge in [-0.2, -0.15) is 4.98 Å². The maximum atomic E-state index is 12.3. The Morgan fingerprint density at radius 1 is 1.24 bits per heavy atom. The lowest BCUT2D eigenvalue weighted by molar-refractivity contribution is -0.114. The first-order chi connectivity index (χ1) is 11.9. The number of carbonyl (C=O) groups excluding carboxylic acids is 1. The van der Waals surface area contributed by atoms with Crippen molar-refractivity contribution in [1.29, 1.82) is 0 Å². The molecular weight excluding hydrogens is 364 g/mol. The van der Waals surface area contributed by atoms with Gasteiger partial charge >= 0.3 is 0 Å². The second kappa shape index (κ2) is 7.13. The smallest absolute Gasteiger partial charge is 0.242 e. The van der Waals surface area contributed by atoms with Crippen molar-refractivity contribution in [3.8, 4) is 10.7 Å². The first-order valence-corrected chi connectivity index (χ1v) is 9.54. The van der Waals surface area contributed by atoms with Gasteiger partial charge in [0, 0.05) is 12.6 Å². The van der Waals surface area contributed by atoms with Gasteiger partial charge in [0.25, 0.3) is 0 Å². The first-order valence-electron chi connectivity index (χ1n) is 7.18. The highest BCUT2D eigenvalue weighted by Gasteiger charge is 2.16. The van der Waals surface area contributed by atoms with E-state index in [1.807, 2.05) is 17.5 Å². The van der Waals surface area contributed by atoms with Crippen molar-refractivity contribution in [1.82, 2.24) is 14.9 Å². The van der Waals surface area contributed by atoms with Crippen LogP contribution in [0, 0.1) is 0 Å². The molecule has 0 saturated carbocycles. The summed E-state index contributed by atoms with van der Waals surface area (Å²) in [5.41, 5.74) is 0.518. The number of rotatable bonds is 6. The Balaban J connectivity index is 1.66. The molecule has 25 heavy (non-hydrogen) atoms. The minimum absolute atomic E-state index is 0.0691. The number of aromatic nitrogens is 2. The molecule has 3 aromatic rings. The highest BCUT2D eigenvalue weighted by Crippen LogP contribution is 2.21. The van der Waals surface area contributed by atoms with Crippen molar-refractivity contribution in [2.75, 3.05) is 5.32 Å². The highest BCUT2D eigenvalue weighted by atomic mass is 32.2. The molecule has 2 N–H and O–H groups in total. The molecule has 3 rings (SSSR count). The summed E-state index contributed by atoms with van der Waals surface area (Å²) in [6.45, 7) is 1.26. The van der Waals surface area contributed by atoms with Crippen molar-refractivity contribution >= 4 is 33.0 Å². The molecule has 2 heterocycles. The van der Waals surface area contributed by atoms with E-state index in [4.69, 9.17) is 4.52 Å². The van der Waals surface area contributed by atoms with Crippen LogP contribution in [0.15, 0.2) is 51.2 Å². The molecule has 0 spiro atoms. The van der Waals surface area contributed by atoms with Gasteiger partial charge in [-0.3, -0.25) is 4.79 Å². The standard InChI is InChI=1S/C15H14N4O4S2/c1-10(20)17-11-4-6-12(7-5-11)25(21,22)16-9-14-18-15(19-23-14)13-3-2-8-24-13/h2-8,16H,9H2,1H3,(H,17,20). The summed E-state index contributed by atoms with van der Waals surface area (Å²) < 4.78 is 32.0. The molecule has 0 aliphatic carbocycles. The van der Waals surface area contributed by atoms with Gasteiger partial charge in [0.2, 0.25) is 27.6 Å². The molecule has 10 heteroatoms. The van der Waals surface area contributed by atoms with Crippen LogP contribution in [0.3, 0.4) is 0 Å². The molecule has 0 unspecified atom stereocenters. The van der Waals surface area contributed by atoms with E-state index >= 15 is 0 Å². The Bertz CT molecular complexity index is 963. The van der Waals surface area contributed by atoms with E-state index < -0.39 is 10.0 Å². The largest absolute Gasteiger partial charge is 0.337 e. The number of thiophene rings is 1. The van der Waals surface area contributed by atoms with Crippen LogP contribution >= 0.6 is 11.3 Å². The SMILES string of the molecule is CC(=O)Nc1ccc(S(=O)(=O)NCc2nc(-c3cccs3)no2)cc1. The topological polar surface area (TPSA) is 114 Å². The van der Waals surface area contributed by atoms with Gasteiger partial charge in [-0.25, -0.2) is 13.1 Å². The Labute approximate surface area is 147 Å². The van der Waals surface area contributed by atoms with Crippen molar-refractivity contribution in [3.63, 3.8) is 0 Å². The quantitative estimate of drug-likeness (QED) is 0.680.